The first-order valence-electron chi connectivity index (χ1n) is 6.61. The van der Waals surface area contributed by atoms with E-state index in [0.717, 1.165) is 26.7 Å². The third-order valence-corrected chi connectivity index (χ3v) is 4.08. The molecule has 0 radical (unpaired) electrons. The van der Waals surface area contributed by atoms with Crippen molar-refractivity contribution in [3.05, 3.63) is 69.2 Å². The molecule has 0 aliphatic heterocycles. The lowest BCUT2D eigenvalue weighted by atomic mass is 10.0. The molecule has 20 heavy (non-hydrogen) atoms. The number of aryl methyl sites for hydroxylation is 2. The monoisotopic (exact) mass is 331 g/mol. The molecular formula is C17H18BrNO. The van der Waals surface area contributed by atoms with Gasteiger partial charge in [-0.2, -0.15) is 0 Å². The second-order valence-electron chi connectivity index (χ2n) is 5.04. The van der Waals surface area contributed by atoms with E-state index in [4.69, 9.17) is 0 Å². The highest BCUT2D eigenvalue weighted by Gasteiger charge is 2.15. The molecule has 1 atom stereocenters. The molecule has 0 saturated heterocycles. The van der Waals surface area contributed by atoms with Crippen molar-refractivity contribution in [2.24, 2.45) is 0 Å². The number of carbonyl (C=O) groups excluding carboxylic acids is 1. The molecule has 0 saturated carbocycles. The minimum Gasteiger partial charge on any atom is -0.345 e. The van der Waals surface area contributed by atoms with Crippen molar-refractivity contribution in [1.82, 2.24) is 5.32 Å². The fourth-order valence-corrected chi connectivity index (χ4v) is 2.79. The van der Waals surface area contributed by atoms with Crippen LogP contribution in [-0.4, -0.2) is 5.91 Å². The number of carbonyl (C=O) groups is 1. The fraction of sp³-hybridized carbons (Fsp3) is 0.235. The predicted molar refractivity (Wildman–Crippen MR) is 85.9 cm³/mol. The summed E-state index contributed by atoms with van der Waals surface area (Å²) >= 11 is 3.52. The summed E-state index contributed by atoms with van der Waals surface area (Å²) in [5, 5.41) is 3.05. The van der Waals surface area contributed by atoms with Crippen molar-refractivity contribution in [2.75, 3.05) is 0 Å². The number of hydrogen-bond donors (Lipinski definition) is 1. The molecule has 0 fully saturated rings. The minimum absolute atomic E-state index is 0.0329. The van der Waals surface area contributed by atoms with Gasteiger partial charge in [0, 0.05) is 10.0 Å². The lowest BCUT2D eigenvalue weighted by molar-refractivity contribution is 0.0939. The zero-order valence-electron chi connectivity index (χ0n) is 11.9. The summed E-state index contributed by atoms with van der Waals surface area (Å²) in [7, 11) is 0. The number of nitrogens with one attached hydrogen (secondary N) is 1. The maximum Gasteiger partial charge on any atom is 0.252 e. The molecule has 2 aromatic carbocycles. The molecule has 0 aliphatic carbocycles. The van der Waals surface area contributed by atoms with Crippen molar-refractivity contribution in [3.8, 4) is 0 Å². The number of halogens is 1. The lowest BCUT2D eigenvalue weighted by Crippen LogP contribution is -2.27. The van der Waals surface area contributed by atoms with Crippen molar-refractivity contribution < 1.29 is 4.79 Å². The van der Waals surface area contributed by atoms with E-state index in [-0.39, 0.29) is 11.9 Å². The van der Waals surface area contributed by atoms with Gasteiger partial charge in [-0.05, 0) is 44.0 Å². The summed E-state index contributed by atoms with van der Waals surface area (Å²) in [5.41, 5.74) is 3.90. The highest BCUT2D eigenvalue weighted by Crippen LogP contribution is 2.23. The van der Waals surface area contributed by atoms with E-state index in [0.29, 0.717) is 0 Å². The Morgan fingerprint density at radius 2 is 1.85 bits per heavy atom. The molecule has 1 amide bonds. The Hall–Kier alpha value is -1.61. The Bertz CT molecular complexity index is 637. The van der Waals surface area contributed by atoms with Gasteiger partial charge in [0.25, 0.3) is 5.91 Å². The fourth-order valence-electron chi connectivity index (χ4n) is 2.16. The molecule has 2 nitrogen and oxygen atoms in total. The first-order chi connectivity index (χ1) is 9.49. The Morgan fingerprint density at radius 3 is 2.55 bits per heavy atom. The van der Waals surface area contributed by atoms with E-state index in [1.807, 2.05) is 63.2 Å². The standard InChI is InChI=1S/C17H18BrNO/c1-11-8-9-12(2)15(10-11)17(20)19-13(3)14-6-4-5-7-16(14)18/h4-10,13H,1-3H3,(H,19,20). The normalized spacial score (nSPS) is 12.0. The number of amides is 1. The second kappa shape index (κ2) is 6.23. The summed E-state index contributed by atoms with van der Waals surface area (Å²) < 4.78 is 1.01. The molecule has 3 heteroatoms. The second-order valence-corrected chi connectivity index (χ2v) is 5.89. The lowest BCUT2D eigenvalue weighted by Gasteiger charge is -2.17. The van der Waals surface area contributed by atoms with Crippen LogP contribution in [0.15, 0.2) is 46.9 Å². The highest BCUT2D eigenvalue weighted by atomic mass is 79.9. The molecule has 1 N–H and O–H groups in total. The molecule has 0 bridgehead atoms. The van der Waals surface area contributed by atoms with Crippen LogP contribution in [0, 0.1) is 13.8 Å². The van der Waals surface area contributed by atoms with Gasteiger partial charge in [0.15, 0.2) is 0 Å². The topological polar surface area (TPSA) is 29.1 Å². The Kier molecular flexibility index (Phi) is 4.61. The Morgan fingerprint density at radius 1 is 1.15 bits per heavy atom. The summed E-state index contributed by atoms with van der Waals surface area (Å²) in [6.45, 7) is 5.94. The largest absolute Gasteiger partial charge is 0.345 e. The van der Waals surface area contributed by atoms with Crippen molar-refractivity contribution in [3.63, 3.8) is 0 Å². The number of rotatable bonds is 3. The van der Waals surface area contributed by atoms with Crippen LogP contribution in [0.5, 0.6) is 0 Å². The third-order valence-electron chi connectivity index (χ3n) is 3.36. The van der Waals surface area contributed by atoms with Gasteiger partial charge < -0.3 is 5.32 Å². The van der Waals surface area contributed by atoms with Gasteiger partial charge in [0.05, 0.1) is 6.04 Å². The van der Waals surface area contributed by atoms with Crippen molar-refractivity contribution in [1.29, 1.82) is 0 Å². The van der Waals surface area contributed by atoms with E-state index >= 15 is 0 Å². The maximum atomic E-state index is 12.4. The van der Waals surface area contributed by atoms with E-state index in [2.05, 4.69) is 21.2 Å². The summed E-state index contributed by atoms with van der Waals surface area (Å²) in [6, 6.07) is 13.8. The van der Waals surface area contributed by atoms with Crippen LogP contribution in [0.4, 0.5) is 0 Å². The molecule has 0 spiro atoms. The van der Waals surface area contributed by atoms with Crippen LogP contribution in [0.2, 0.25) is 0 Å². The average molecular weight is 332 g/mol. The number of hydrogen-bond acceptors (Lipinski definition) is 1. The quantitative estimate of drug-likeness (QED) is 0.877. The Labute approximate surface area is 128 Å². The molecular weight excluding hydrogens is 314 g/mol. The first kappa shape index (κ1) is 14.8. The van der Waals surface area contributed by atoms with E-state index in [9.17, 15) is 4.79 Å². The molecule has 1 unspecified atom stereocenters. The summed E-state index contributed by atoms with van der Waals surface area (Å²) in [5.74, 6) is -0.0329. The van der Waals surface area contributed by atoms with E-state index in [1.165, 1.54) is 0 Å². The average Bonchev–Trinajstić information content (AvgIpc) is 2.41. The predicted octanol–water partition coefficient (Wildman–Crippen LogP) is 4.56. The SMILES string of the molecule is Cc1ccc(C)c(C(=O)NC(C)c2ccccc2Br)c1. The minimum atomic E-state index is -0.0435. The number of benzene rings is 2. The van der Waals surface area contributed by atoms with Crippen LogP contribution >= 0.6 is 15.9 Å². The molecule has 2 aromatic rings. The molecule has 104 valence electrons. The zero-order chi connectivity index (χ0) is 14.7. The van der Waals surface area contributed by atoms with E-state index in [1.54, 1.807) is 0 Å². The van der Waals surface area contributed by atoms with Crippen LogP contribution in [0.1, 0.15) is 40.0 Å². The molecule has 0 aromatic heterocycles. The van der Waals surface area contributed by atoms with Crippen molar-refractivity contribution >= 4 is 21.8 Å². The highest BCUT2D eigenvalue weighted by molar-refractivity contribution is 9.10. The molecule has 0 aliphatic rings. The van der Waals surface area contributed by atoms with Gasteiger partial charge >= 0.3 is 0 Å². The summed E-state index contributed by atoms with van der Waals surface area (Å²) in [4.78, 5) is 12.4. The van der Waals surface area contributed by atoms with Gasteiger partial charge in [-0.3, -0.25) is 4.79 Å². The van der Waals surface area contributed by atoms with Crippen LogP contribution < -0.4 is 5.32 Å². The van der Waals surface area contributed by atoms with Crippen LogP contribution in [0.25, 0.3) is 0 Å². The van der Waals surface area contributed by atoms with Gasteiger partial charge in [-0.25, -0.2) is 0 Å². The van der Waals surface area contributed by atoms with Gasteiger partial charge in [0.2, 0.25) is 0 Å². The van der Waals surface area contributed by atoms with Crippen LogP contribution in [-0.2, 0) is 0 Å². The first-order valence-corrected chi connectivity index (χ1v) is 7.41. The van der Waals surface area contributed by atoms with Gasteiger partial charge in [0.1, 0.15) is 0 Å². The van der Waals surface area contributed by atoms with Crippen molar-refractivity contribution in [2.45, 2.75) is 26.8 Å². The van der Waals surface area contributed by atoms with Gasteiger partial charge in [-0.1, -0.05) is 51.8 Å². The van der Waals surface area contributed by atoms with Crippen LogP contribution in [0.3, 0.4) is 0 Å². The molecule has 2 rings (SSSR count). The van der Waals surface area contributed by atoms with E-state index < -0.39 is 0 Å². The van der Waals surface area contributed by atoms with Gasteiger partial charge in [-0.15, -0.1) is 0 Å². The summed E-state index contributed by atoms with van der Waals surface area (Å²) in [6.07, 6.45) is 0. The molecule has 0 heterocycles. The third kappa shape index (κ3) is 3.28. The smallest absolute Gasteiger partial charge is 0.252 e. The Balaban J connectivity index is 2.20. The maximum absolute atomic E-state index is 12.4. The zero-order valence-corrected chi connectivity index (χ0v) is 13.5.